The van der Waals surface area contributed by atoms with Crippen LogP contribution in [0, 0.1) is 0 Å². The van der Waals surface area contributed by atoms with Gasteiger partial charge in [-0.15, -0.1) is 0 Å². The molecule has 5 heteroatoms. The van der Waals surface area contributed by atoms with Gasteiger partial charge in [-0.3, -0.25) is 5.32 Å². The van der Waals surface area contributed by atoms with E-state index in [0.29, 0.717) is 5.69 Å². The van der Waals surface area contributed by atoms with Crippen molar-refractivity contribution in [3.63, 3.8) is 0 Å². The molecule has 2 aromatic rings. The molecule has 0 spiro atoms. The molecule has 2 N–H and O–H groups in total. The van der Waals surface area contributed by atoms with Gasteiger partial charge in [0.1, 0.15) is 0 Å². The van der Waals surface area contributed by atoms with Crippen molar-refractivity contribution < 1.29 is 19.4 Å². The number of rotatable bonds is 3. The van der Waals surface area contributed by atoms with E-state index in [2.05, 4.69) is 10.1 Å². The summed E-state index contributed by atoms with van der Waals surface area (Å²) >= 11 is 0. The SMILES string of the molecule is COC(=O)Nc1ccc(-c2ccc(C(=O)O)cc2)cc1. The monoisotopic (exact) mass is 271 g/mol. The standard InChI is InChI=1S/C15H13NO4/c1-20-15(19)16-13-8-6-11(7-9-13)10-2-4-12(5-3-10)14(17)18/h2-9H,1H3,(H,16,19)(H,17,18). The number of methoxy groups -OCH3 is 1. The molecule has 0 saturated carbocycles. The smallest absolute Gasteiger partial charge is 0.411 e. The van der Waals surface area contributed by atoms with Gasteiger partial charge in [0.25, 0.3) is 0 Å². The van der Waals surface area contributed by atoms with E-state index in [1.807, 2.05) is 12.1 Å². The van der Waals surface area contributed by atoms with Crippen LogP contribution in [0.3, 0.4) is 0 Å². The number of aromatic carboxylic acids is 1. The molecular formula is C15H13NO4. The zero-order valence-corrected chi connectivity index (χ0v) is 10.8. The minimum absolute atomic E-state index is 0.248. The highest BCUT2D eigenvalue weighted by molar-refractivity contribution is 5.88. The minimum Gasteiger partial charge on any atom is -0.478 e. The Bertz CT molecular complexity index is 617. The Kier molecular flexibility index (Phi) is 4.00. The first-order valence-electron chi connectivity index (χ1n) is 5.89. The van der Waals surface area contributed by atoms with E-state index in [-0.39, 0.29) is 5.56 Å². The van der Waals surface area contributed by atoms with E-state index >= 15 is 0 Å². The Labute approximate surface area is 115 Å². The molecule has 0 unspecified atom stereocenters. The maximum Gasteiger partial charge on any atom is 0.411 e. The van der Waals surface area contributed by atoms with Crippen LogP contribution in [-0.2, 0) is 4.74 Å². The summed E-state index contributed by atoms with van der Waals surface area (Å²) in [7, 11) is 1.30. The second-order valence-corrected chi connectivity index (χ2v) is 4.08. The van der Waals surface area contributed by atoms with Gasteiger partial charge in [-0.25, -0.2) is 9.59 Å². The second kappa shape index (κ2) is 5.88. The van der Waals surface area contributed by atoms with Crippen LogP contribution in [0.5, 0.6) is 0 Å². The molecule has 0 radical (unpaired) electrons. The van der Waals surface area contributed by atoms with E-state index in [4.69, 9.17) is 5.11 Å². The van der Waals surface area contributed by atoms with Crippen LogP contribution in [0.4, 0.5) is 10.5 Å². The normalized spacial score (nSPS) is 9.85. The third-order valence-electron chi connectivity index (χ3n) is 2.78. The van der Waals surface area contributed by atoms with Crippen molar-refractivity contribution in [2.45, 2.75) is 0 Å². The first kappa shape index (κ1) is 13.6. The summed E-state index contributed by atoms with van der Waals surface area (Å²) in [6.45, 7) is 0. The van der Waals surface area contributed by atoms with Crippen LogP contribution >= 0.6 is 0 Å². The van der Waals surface area contributed by atoms with Crippen LogP contribution in [0.25, 0.3) is 11.1 Å². The molecule has 0 saturated heterocycles. The highest BCUT2D eigenvalue weighted by Gasteiger charge is 2.04. The number of carbonyl (C=O) groups is 2. The lowest BCUT2D eigenvalue weighted by molar-refractivity contribution is 0.0697. The van der Waals surface area contributed by atoms with Crippen LogP contribution < -0.4 is 5.32 Å². The molecule has 5 nitrogen and oxygen atoms in total. The summed E-state index contributed by atoms with van der Waals surface area (Å²) in [5.41, 5.74) is 2.71. The van der Waals surface area contributed by atoms with Crippen molar-refractivity contribution in [1.29, 1.82) is 0 Å². The predicted octanol–water partition coefficient (Wildman–Crippen LogP) is 3.23. The van der Waals surface area contributed by atoms with E-state index in [1.165, 1.54) is 7.11 Å². The average molecular weight is 271 g/mol. The number of amides is 1. The van der Waals surface area contributed by atoms with Gasteiger partial charge in [-0.2, -0.15) is 0 Å². The van der Waals surface area contributed by atoms with Gasteiger partial charge < -0.3 is 9.84 Å². The van der Waals surface area contributed by atoms with Crippen molar-refractivity contribution in [2.75, 3.05) is 12.4 Å². The van der Waals surface area contributed by atoms with E-state index in [1.54, 1.807) is 36.4 Å². The van der Waals surface area contributed by atoms with Gasteiger partial charge in [0.05, 0.1) is 12.7 Å². The lowest BCUT2D eigenvalue weighted by Gasteiger charge is -2.06. The lowest BCUT2D eigenvalue weighted by Crippen LogP contribution is -2.10. The van der Waals surface area contributed by atoms with Crippen LogP contribution in [0.15, 0.2) is 48.5 Å². The molecule has 102 valence electrons. The zero-order chi connectivity index (χ0) is 14.5. The molecule has 20 heavy (non-hydrogen) atoms. The Balaban J connectivity index is 2.17. The number of hydrogen-bond donors (Lipinski definition) is 2. The number of benzene rings is 2. The summed E-state index contributed by atoms with van der Waals surface area (Å²) in [5, 5.41) is 11.4. The molecule has 0 fully saturated rings. The first-order chi connectivity index (χ1) is 9.60. The number of carboxylic acids is 1. The highest BCUT2D eigenvalue weighted by atomic mass is 16.5. The number of nitrogens with one attached hydrogen (secondary N) is 1. The molecular weight excluding hydrogens is 258 g/mol. The number of anilines is 1. The minimum atomic E-state index is -0.950. The molecule has 0 bridgehead atoms. The van der Waals surface area contributed by atoms with Crippen molar-refractivity contribution in [3.05, 3.63) is 54.1 Å². The third kappa shape index (κ3) is 3.14. The Morgan fingerprint density at radius 3 is 1.90 bits per heavy atom. The third-order valence-corrected chi connectivity index (χ3v) is 2.78. The summed E-state index contributed by atoms with van der Waals surface area (Å²) in [6, 6.07) is 13.8. The fourth-order valence-electron chi connectivity index (χ4n) is 1.72. The lowest BCUT2D eigenvalue weighted by atomic mass is 10.0. The van der Waals surface area contributed by atoms with E-state index < -0.39 is 12.1 Å². The van der Waals surface area contributed by atoms with Crippen molar-refractivity contribution in [1.82, 2.24) is 0 Å². The summed E-state index contributed by atoms with van der Waals surface area (Å²) in [5.74, 6) is -0.950. The summed E-state index contributed by atoms with van der Waals surface area (Å²) in [6.07, 6.45) is -0.524. The topological polar surface area (TPSA) is 75.6 Å². The molecule has 0 atom stereocenters. The molecule has 1 amide bonds. The first-order valence-corrected chi connectivity index (χ1v) is 5.89. The average Bonchev–Trinajstić information content (AvgIpc) is 2.48. The second-order valence-electron chi connectivity index (χ2n) is 4.08. The number of ether oxygens (including phenoxy) is 1. The molecule has 0 aromatic heterocycles. The summed E-state index contributed by atoms with van der Waals surface area (Å²) < 4.78 is 4.50. The maximum atomic E-state index is 11.0. The fraction of sp³-hybridized carbons (Fsp3) is 0.0667. The molecule has 0 aliphatic carbocycles. The van der Waals surface area contributed by atoms with Gasteiger partial charge in [-0.05, 0) is 35.4 Å². The number of carbonyl (C=O) groups excluding carboxylic acids is 1. The quantitative estimate of drug-likeness (QED) is 0.898. The van der Waals surface area contributed by atoms with Crippen molar-refractivity contribution >= 4 is 17.7 Å². The van der Waals surface area contributed by atoms with Crippen molar-refractivity contribution in [2.24, 2.45) is 0 Å². The van der Waals surface area contributed by atoms with Gasteiger partial charge in [0, 0.05) is 5.69 Å². The van der Waals surface area contributed by atoms with E-state index in [0.717, 1.165) is 11.1 Å². The van der Waals surface area contributed by atoms with Crippen molar-refractivity contribution in [3.8, 4) is 11.1 Å². The Morgan fingerprint density at radius 2 is 1.45 bits per heavy atom. The molecule has 0 aliphatic rings. The predicted molar refractivity (Wildman–Crippen MR) is 74.9 cm³/mol. The number of hydrogen-bond acceptors (Lipinski definition) is 3. The van der Waals surface area contributed by atoms with Crippen LogP contribution in [-0.4, -0.2) is 24.3 Å². The van der Waals surface area contributed by atoms with Crippen LogP contribution in [0.1, 0.15) is 10.4 Å². The van der Waals surface area contributed by atoms with Crippen LogP contribution in [0.2, 0.25) is 0 Å². The molecule has 0 heterocycles. The van der Waals surface area contributed by atoms with Gasteiger partial charge in [-0.1, -0.05) is 24.3 Å². The highest BCUT2D eigenvalue weighted by Crippen LogP contribution is 2.22. The van der Waals surface area contributed by atoms with E-state index in [9.17, 15) is 9.59 Å². The Hall–Kier alpha value is -2.82. The van der Waals surface area contributed by atoms with Gasteiger partial charge in [0.2, 0.25) is 0 Å². The molecule has 0 aliphatic heterocycles. The van der Waals surface area contributed by atoms with Gasteiger partial charge in [0.15, 0.2) is 0 Å². The van der Waals surface area contributed by atoms with Gasteiger partial charge >= 0.3 is 12.1 Å². The maximum absolute atomic E-state index is 11.0. The molecule has 2 aromatic carbocycles. The molecule has 2 rings (SSSR count). The Morgan fingerprint density at radius 1 is 0.950 bits per heavy atom. The largest absolute Gasteiger partial charge is 0.478 e. The number of carboxylic acid groups (broad SMARTS) is 1. The summed E-state index contributed by atoms with van der Waals surface area (Å²) in [4.78, 5) is 21.8. The zero-order valence-electron chi connectivity index (χ0n) is 10.8. The fourth-order valence-corrected chi connectivity index (χ4v) is 1.72.